The summed E-state index contributed by atoms with van der Waals surface area (Å²) in [4.78, 5) is 28.9. The fourth-order valence-corrected chi connectivity index (χ4v) is 2.83. The molecule has 2 aromatic rings. The molecule has 0 bridgehead atoms. The minimum absolute atomic E-state index is 0.289. The van der Waals surface area contributed by atoms with E-state index in [1.165, 1.54) is 7.11 Å². The van der Waals surface area contributed by atoms with Gasteiger partial charge in [0.05, 0.1) is 18.2 Å². The van der Waals surface area contributed by atoms with E-state index in [2.05, 4.69) is 10.3 Å². The molecule has 1 heterocycles. The summed E-state index contributed by atoms with van der Waals surface area (Å²) >= 11 is 1.62. The van der Waals surface area contributed by atoms with E-state index in [-0.39, 0.29) is 5.91 Å². The SMILES string of the molecule is COC(=O)[C@H](CCSC)NC(=O)c1cc(C)nc2ccccc12. The van der Waals surface area contributed by atoms with Gasteiger partial charge in [-0.15, -0.1) is 0 Å². The van der Waals surface area contributed by atoms with Gasteiger partial charge < -0.3 is 10.1 Å². The van der Waals surface area contributed by atoms with Gasteiger partial charge in [0, 0.05) is 11.1 Å². The van der Waals surface area contributed by atoms with Crippen molar-refractivity contribution in [3.63, 3.8) is 0 Å². The lowest BCUT2D eigenvalue weighted by molar-refractivity contribution is -0.142. The number of benzene rings is 1. The third-order valence-electron chi connectivity index (χ3n) is 3.49. The van der Waals surface area contributed by atoms with Crippen molar-refractivity contribution in [3.05, 3.63) is 41.6 Å². The van der Waals surface area contributed by atoms with Crippen molar-refractivity contribution in [3.8, 4) is 0 Å². The zero-order chi connectivity index (χ0) is 16.8. The number of hydrogen-bond donors (Lipinski definition) is 1. The predicted molar refractivity (Wildman–Crippen MR) is 92.7 cm³/mol. The van der Waals surface area contributed by atoms with Gasteiger partial charge in [-0.1, -0.05) is 18.2 Å². The maximum atomic E-state index is 12.7. The van der Waals surface area contributed by atoms with Crippen LogP contribution in [0.3, 0.4) is 0 Å². The molecule has 0 spiro atoms. The van der Waals surface area contributed by atoms with E-state index in [0.717, 1.165) is 22.3 Å². The molecule has 0 unspecified atom stereocenters. The first-order chi connectivity index (χ1) is 11.1. The van der Waals surface area contributed by atoms with Crippen LogP contribution in [0, 0.1) is 6.92 Å². The molecule has 0 saturated heterocycles. The maximum absolute atomic E-state index is 12.7. The van der Waals surface area contributed by atoms with Crippen molar-refractivity contribution in [1.29, 1.82) is 0 Å². The van der Waals surface area contributed by atoms with Crippen LogP contribution in [0.4, 0.5) is 0 Å². The Hall–Kier alpha value is -2.08. The standard InChI is InChI=1S/C17H20N2O3S/c1-11-10-13(12-6-4-5-7-14(12)18-11)16(20)19-15(8-9-23-3)17(21)22-2/h4-7,10,15H,8-9H2,1-3H3,(H,19,20)/t15-/m0/s1. The summed E-state index contributed by atoms with van der Waals surface area (Å²) in [5.74, 6) is 0.0431. The molecule has 1 atom stereocenters. The van der Waals surface area contributed by atoms with Gasteiger partial charge in [-0.3, -0.25) is 9.78 Å². The van der Waals surface area contributed by atoms with Gasteiger partial charge >= 0.3 is 5.97 Å². The number of para-hydroxylation sites is 1. The second kappa shape index (κ2) is 7.97. The lowest BCUT2D eigenvalue weighted by Gasteiger charge is -2.17. The van der Waals surface area contributed by atoms with Crippen LogP contribution in [0.5, 0.6) is 0 Å². The Morgan fingerprint density at radius 2 is 2.09 bits per heavy atom. The number of pyridine rings is 1. The highest BCUT2D eigenvalue weighted by Gasteiger charge is 2.22. The van der Waals surface area contributed by atoms with Crippen molar-refractivity contribution in [2.75, 3.05) is 19.1 Å². The second-order valence-corrected chi connectivity index (χ2v) is 6.14. The molecule has 1 N–H and O–H groups in total. The number of aryl methyl sites for hydroxylation is 1. The lowest BCUT2D eigenvalue weighted by atomic mass is 10.1. The molecule has 122 valence electrons. The van der Waals surface area contributed by atoms with E-state index in [0.29, 0.717) is 12.0 Å². The molecular weight excluding hydrogens is 312 g/mol. The van der Waals surface area contributed by atoms with Gasteiger partial charge in [-0.2, -0.15) is 11.8 Å². The molecule has 0 aliphatic rings. The second-order valence-electron chi connectivity index (χ2n) is 5.16. The summed E-state index contributed by atoms with van der Waals surface area (Å²) in [5.41, 5.74) is 2.04. The molecule has 0 radical (unpaired) electrons. The van der Waals surface area contributed by atoms with E-state index in [4.69, 9.17) is 4.74 Å². The average molecular weight is 332 g/mol. The quantitative estimate of drug-likeness (QED) is 0.824. The van der Waals surface area contributed by atoms with Crippen LogP contribution < -0.4 is 5.32 Å². The van der Waals surface area contributed by atoms with Crippen molar-refractivity contribution >= 4 is 34.5 Å². The van der Waals surface area contributed by atoms with Crippen LogP contribution in [0.1, 0.15) is 22.5 Å². The Bertz CT molecular complexity index is 718. The molecule has 1 aromatic heterocycles. The minimum Gasteiger partial charge on any atom is -0.467 e. The Kier molecular flexibility index (Phi) is 5.98. The summed E-state index contributed by atoms with van der Waals surface area (Å²) in [6, 6.07) is 8.55. The van der Waals surface area contributed by atoms with Gasteiger partial charge in [0.2, 0.25) is 0 Å². The first kappa shape index (κ1) is 17.3. The van der Waals surface area contributed by atoms with E-state index >= 15 is 0 Å². The number of aromatic nitrogens is 1. The number of rotatable bonds is 6. The zero-order valence-corrected chi connectivity index (χ0v) is 14.3. The van der Waals surface area contributed by atoms with Crippen molar-refractivity contribution < 1.29 is 14.3 Å². The molecule has 5 nitrogen and oxygen atoms in total. The van der Waals surface area contributed by atoms with E-state index in [1.807, 2.05) is 37.4 Å². The summed E-state index contributed by atoms with van der Waals surface area (Å²) < 4.78 is 4.78. The first-order valence-corrected chi connectivity index (χ1v) is 8.70. The number of nitrogens with one attached hydrogen (secondary N) is 1. The normalized spacial score (nSPS) is 12.0. The van der Waals surface area contributed by atoms with E-state index in [1.54, 1.807) is 17.8 Å². The Morgan fingerprint density at radius 3 is 2.78 bits per heavy atom. The average Bonchev–Trinajstić information content (AvgIpc) is 2.56. The largest absolute Gasteiger partial charge is 0.467 e. The topological polar surface area (TPSA) is 68.3 Å². The van der Waals surface area contributed by atoms with Crippen LogP contribution >= 0.6 is 11.8 Å². The Labute approximate surface area is 139 Å². The summed E-state index contributed by atoms with van der Waals surface area (Å²) in [6.07, 6.45) is 2.48. The van der Waals surface area contributed by atoms with Crippen molar-refractivity contribution in [2.45, 2.75) is 19.4 Å². The number of ether oxygens (including phenoxy) is 1. The number of fused-ring (bicyclic) bond motifs is 1. The molecule has 0 aliphatic heterocycles. The predicted octanol–water partition coefficient (Wildman–Crippen LogP) is 2.57. The van der Waals surface area contributed by atoms with Gasteiger partial charge in [-0.25, -0.2) is 4.79 Å². The first-order valence-electron chi connectivity index (χ1n) is 7.31. The van der Waals surface area contributed by atoms with Gasteiger partial charge in [0.1, 0.15) is 6.04 Å². The number of thioether (sulfide) groups is 1. The number of esters is 1. The Morgan fingerprint density at radius 1 is 1.35 bits per heavy atom. The summed E-state index contributed by atoms with van der Waals surface area (Å²) in [5, 5.41) is 3.55. The third kappa shape index (κ3) is 4.22. The number of amides is 1. The van der Waals surface area contributed by atoms with Crippen molar-refractivity contribution in [1.82, 2.24) is 10.3 Å². The molecule has 2 rings (SSSR count). The molecule has 1 amide bonds. The smallest absolute Gasteiger partial charge is 0.328 e. The molecule has 23 heavy (non-hydrogen) atoms. The number of carbonyl (C=O) groups excluding carboxylic acids is 2. The highest BCUT2D eigenvalue weighted by atomic mass is 32.2. The molecule has 0 fully saturated rings. The molecular formula is C17H20N2O3S. The highest BCUT2D eigenvalue weighted by molar-refractivity contribution is 7.98. The van der Waals surface area contributed by atoms with Crippen LogP contribution in [0.15, 0.2) is 30.3 Å². The highest BCUT2D eigenvalue weighted by Crippen LogP contribution is 2.18. The molecule has 0 saturated carbocycles. The minimum atomic E-state index is -0.646. The number of hydrogen-bond acceptors (Lipinski definition) is 5. The number of methoxy groups -OCH3 is 1. The van der Waals surface area contributed by atoms with E-state index in [9.17, 15) is 9.59 Å². The Balaban J connectivity index is 2.30. The van der Waals surface area contributed by atoms with Crippen LogP contribution in [-0.2, 0) is 9.53 Å². The summed E-state index contributed by atoms with van der Waals surface area (Å²) in [6.45, 7) is 1.84. The molecule has 1 aromatic carbocycles. The number of nitrogens with zero attached hydrogens (tertiary/aromatic N) is 1. The van der Waals surface area contributed by atoms with Crippen LogP contribution in [0.25, 0.3) is 10.9 Å². The molecule has 0 aliphatic carbocycles. The zero-order valence-electron chi connectivity index (χ0n) is 13.5. The summed E-state index contributed by atoms with van der Waals surface area (Å²) in [7, 11) is 1.33. The molecule has 6 heteroatoms. The monoisotopic (exact) mass is 332 g/mol. The van der Waals surface area contributed by atoms with E-state index < -0.39 is 12.0 Å². The fourth-order valence-electron chi connectivity index (χ4n) is 2.36. The third-order valence-corrected chi connectivity index (χ3v) is 4.13. The van der Waals surface area contributed by atoms with Gasteiger partial charge in [0.25, 0.3) is 5.91 Å². The lowest BCUT2D eigenvalue weighted by Crippen LogP contribution is -2.42. The van der Waals surface area contributed by atoms with Crippen LogP contribution in [-0.4, -0.2) is 42.0 Å². The van der Waals surface area contributed by atoms with Gasteiger partial charge in [0.15, 0.2) is 0 Å². The van der Waals surface area contributed by atoms with Gasteiger partial charge in [-0.05, 0) is 37.5 Å². The number of carbonyl (C=O) groups is 2. The fraction of sp³-hybridized carbons (Fsp3) is 0.353. The maximum Gasteiger partial charge on any atom is 0.328 e. The van der Waals surface area contributed by atoms with Crippen LogP contribution in [0.2, 0.25) is 0 Å². The van der Waals surface area contributed by atoms with Crippen molar-refractivity contribution in [2.24, 2.45) is 0 Å².